The van der Waals surface area contributed by atoms with Gasteiger partial charge in [0.2, 0.25) is 5.95 Å². The average molecular weight is 430 g/mol. The molecule has 2 bridgehead atoms. The number of piperidine rings is 1. The number of anilines is 2. The highest BCUT2D eigenvalue weighted by Gasteiger charge is 2.36. The largest absolute Gasteiger partial charge is 0.340 e. The van der Waals surface area contributed by atoms with Gasteiger partial charge in [0.05, 0.1) is 0 Å². The van der Waals surface area contributed by atoms with Gasteiger partial charge in [-0.15, -0.1) is 11.3 Å². The summed E-state index contributed by atoms with van der Waals surface area (Å²) in [5.74, 6) is 1.17. The predicted molar refractivity (Wildman–Crippen MR) is 111 cm³/mol. The average Bonchev–Trinajstić information content (AvgIpc) is 3.27. The number of pyridine rings is 1. The normalized spacial score (nSPS) is 20.9. The Balaban J connectivity index is 1.45. The van der Waals surface area contributed by atoms with Gasteiger partial charge in [-0.25, -0.2) is 18.4 Å². The van der Waals surface area contributed by atoms with Gasteiger partial charge in [0, 0.05) is 43.6 Å². The third kappa shape index (κ3) is 3.32. The Bertz CT molecular complexity index is 1190. The molecule has 0 unspecified atom stereocenters. The van der Waals surface area contributed by atoms with Crippen molar-refractivity contribution in [3.63, 3.8) is 0 Å². The smallest absolute Gasteiger partial charge is 0.275 e. The van der Waals surface area contributed by atoms with Crippen LogP contribution < -0.4 is 15.2 Å². The SMILES string of the molecule is O=c1c(NS(=O)(=O)c2cccs2)ccc2n1C[C@@H]1C[C@@H]2CN(c2ncccn2)C1. The highest BCUT2D eigenvalue weighted by Crippen LogP contribution is 2.36. The van der Waals surface area contributed by atoms with E-state index in [0.29, 0.717) is 12.5 Å². The molecular weight excluding hydrogens is 410 g/mol. The number of nitrogens with zero attached hydrogens (tertiary/aromatic N) is 4. The predicted octanol–water partition coefficient (Wildman–Crippen LogP) is 2.12. The van der Waals surface area contributed by atoms with Crippen LogP contribution in [0.4, 0.5) is 11.6 Å². The number of sulfonamides is 1. The second kappa shape index (κ2) is 6.96. The molecule has 1 saturated heterocycles. The Morgan fingerprint density at radius 3 is 2.66 bits per heavy atom. The van der Waals surface area contributed by atoms with Crippen LogP contribution in [0.2, 0.25) is 0 Å². The second-order valence-corrected chi connectivity index (χ2v) is 10.2. The minimum atomic E-state index is -3.75. The Labute approximate surface area is 171 Å². The summed E-state index contributed by atoms with van der Waals surface area (Å²) < 4.78 is 29.4. The van der Waals surface area contributed by atoms with Crippen molar-refractivity contribution in [3.8, 4) is 0 Å². The number of hydrogen-bond donors (Lipinski definition) is 1. The van der Waals surface area contributed by atoms with Crippen LogP contribution in [0.5, 0.6) is 0 Å². The Hall–Kier alpha value is -2.72. The van der Waals surface area contributed by atoms with Gasteiger partial charge in [-0.1, -0.05) is 6.07 Å². The van der Waals surface area contributed by atoms with E-state index in [2.05, 4.69) is 19.6 Å². The van der Waals surface area contributed by atoms with Gasteiger partial charge >= 0.3 is 0 Å². The molecule has 5 heterocycles. The van der Waals surface area contributed by atoms with E-state index in [1.54, 1.807) is 40.5 Å². The van der Waals surface area contributed by atoms with Gasteiger partial charge in [-0.05, 0) is 42.0 Å². The Morgan fingerprint density at radius 2 is 1.90 bits per heavy atom. The molecule has 0 radical (unpaired) electrons. The molecule has 0 aromatic carbocycles. The lowest BCUT2D eigenvalue weighted by Gasteiger charge is -2.42. The molecule has 2 aliphatic rings. The molecule has 0 aliphatic carbocycles. The molecule has 5 rings (SSSR count). The Kier molecular flexibility index (Phi) is 4.39. The highest BCUT2D eigenvalue weighted by molar-refractivity contribution is 7.94. The first-order valence-corrected chi connectivity index (χ1v) is 11.7. The van der Waals surface area contributed by atoms with E-state index in [1.165, 1.54) is 6.07 Å². The van der Waals surface area contributed by atoms with Crippen molar-refractivity contribution in [2.75, 3.05) is 22.7 Å². The van der Waals surface area contributed by atoms with Crippen LogP contribution in [-0.4, -0.2) is 36.0 Å². The summed E-state index contributed by atoms with van der Waals surface area (Å²) in [7, 11) is -3.75. The number of hydrogen-bond acceptors (Lipinski definition) is 7. The minimum absolute atomic E-state index is 0.0883. The molecule has 150 valence electrons. The third-order valence-electron chi connectivity index (χ3n) is 5.44. The number of fused-ring (bicyclic) bond motifs is 4. The van der Waals surface area contributed by atoms with E-state index in [1.807, 2.05) is 6.07 Å². The zero-order valence-electron chi connectivity index (χ0n) is 15.4. The van der Waals surface area contributed by atoms with Crippen LogP contribution in [0.1, 0.15) is 18.0 Å². The molecule has 1 fully saturated rings. The van der Waals surface area contributed by atoms with Crippen molar-refractivity contribution >= 4 is 33.0 Å². The summed E-state index contributed by atoms with van der Waals surface area (Å²) in [6.45, 7) is 2.07. The molecule has 3 aromatic rings. The lowest BCUT2D eigenvalue weighted by molar-refractivity contribution is 0.280. The van der Waals surface area contributed by atoms with E-state index < -0.39 is 10.0 Å². The highest BCUT2D eigenvalue weighted by atomic mass is 32.2. The van der Waals surface area contributed by atoms with E-state index in [9.17, 15) is 13.2 Å². The van der Waals surface area contributed by atoms with Crippen LogP contribution in [0, 0.1) is 5.92 Å². The molecule has 0 amide bonds. The van der Waals surface area contributed by atoms with Gasteiger partial charge < -0.3 is 9.47 Å². The summed E-state index contributed by atoms with van der Waals surface area (Å²) in [6.07, 6.45) is 4.47. The van der Waals surface area contributed by atoms with Crippen molar-refractivity contribution in [1.82, 2.24) is 14.5 Å². The molecule has 29 heavy (non-hydrogen) atoms. The maximum Gasteiger partial charge on any atom is 0.275 e. The summed E-state index contributed by atoms with van der Waals surface area (Å²) in [5, 5.41) is 1.69. The number of aromatic nitrogens is 3. The van der Waals surface area contributed by atoms with Crippen LogP contribution in [0.3, 0.4) is 0 Å². The molecular formula is C19H19N5O3S2. The lowest BCUT2D eigenvalue weighted by atomic mass is 9.83. The fourth-order valence-electron chi connectivity index (χ4n) is 4.25. The van der Waals surface area contributed by atoms with Gasteiger partial charge in [0.25, 0.3) is 15.6 Å². The van der Waals surface area contributed by atoms with E-state index >= 15 is 0 Å². The van der Waals surface area contributed by atoms with Crippen LogP contribution in [0.15, 0.2) is 57.1 Å². The maximum absolute atomic E-state index is 13.0. The first-order valence-electron chi connectivity index (χ1n) is 9.33. The van der Waals surface area contributed by atoms with E-state index in [4.69, 9.17) is 0 Å². The number of rotatable bonds is 4. The van der Waals surface area contributed by atoms with E-state index in [0.717, 1.165) is 36.5 Å². The number of thiophene rings is 1. The number of nitrogens with one attached hydrogen (secondary N) is 1. The first kappa shape index (κ1) is 18.3. The summed E-state index contributed by atoms with van der Waals surface area (Å²) in [6, 6.07) is 8.43. The van der Waals surface area contributed by atoms with Crippen LogP contribution in [-0.2, 0) is 16.6 Å². The molecule has 10 heteroatoms. The lowest BCUT2D eigenvalue weighted by Crippen LogP contribution is -2.48. The standard InChI is InChI=1S/C19H19N5O3S2/c25-18-15(22-29(26,27)17-3-1-8-28-17)4-5-16-14-9-13(11-24(16)18)10-23(12-14)19-20-6-2-7-21-19/h1-8,13-14,22H,9-12H2/t13-,14-/m1/s1. The van der Waals surface area contributed by atoms with Crippen molar-refractivity contribution in [2.45, 2.75) is 23.1 Å². The van der Waals surface area contributed by atoms with Gasteiger partial charge in [0.1, 0.15) is 9.90 Å². The van der Waals surface area contributed by atoms with E-state index in [-0.39, 0.29) is 27.3 Å². The zero-order chi connectivity index (χ0) is 20.0. The third-order valence-corrected chi connectivity index (χ3v) is 8.21. The molecule has 2 aliphatic heterocycles. The summed E-state index contributed by atoms with van der Waals surface area (Å²) in [4.78, 5) is 23.9. The molecule has 0 saturated carbocycles. The minimum Gasteiger partial charge on any atom is -0.340 e. The van der Waals surface area contributed by atoms with Gasteiger partial charge in [-0.3, -0.25) is 9.52 Å². The molecule has 8 nitrogen and oxygen atoms in total. The second-order valence-electron chi connectivity index (χ2n) is 7.38. The monoisotopic (exact) mass is 429 g/mol. The van der Waals surface area contributed by atoms with Crippen LogP contribution >= 0.6 is 11.3 Å². The summed E-state index contributed by atoms with van der Waals surface area (Å²) >= 11 is 1.12. The van der Waals surface area contributed by atoms with Gasteiger partial charge in [0.15, 0.2) is 0 Å². The van der Waals surface area contributed by atoms with Crippen LogP contribution in [0.25, 0.3) is 0 Å². The molecule has 0 spiro atoms. The Morgan fingerprint density at radius 1 is 1.07 bits per heavy atom. The fraction of sp³-hybridized carbons (Fsp3) is 0.316. The van der Waals surface area contributed by atoms with Crippen molar-refractivity contribution in [2.24, 2.45) is 5.92 Å². The first-order chi connectivity index (χ1) is 14.0. The fourth-order valence-corrected chi connectivity index (χ4v) is 6.30. The summed E-state index contributed by atoms with van der Waals surface area (Å²) in [5.41, 5.74) is 0.734. The topological polar surface area (TPSA) is 97.2 Å². The van der Waals surface area contributed by atoms with Gasteiger partial charge in [-0.2, -0.15) is 0 Å². The zero-order valence-corrected chi connectivity index (χ0v) is 17.1. The molecule has 3 aromatic heterocycles. The molecule has 1 N–H and O–H groups in total. The van der Waals surface area contributed by atoms with Crippen molar-refractivity contribution in [3.05, 3.63) is 64.2 Å². The quantitative estimate of drug-likeness (QED) is 0.682. The van der Waals surface area contributed by atoms with Crippen molar-refractivity contribution < 1.29 is 8.42 Å². The molecule has 2 atom stereocenters. The maximum atomic E-state index is 13.0. The van der Waals surface area contributed by atoms with Crippen molar-refractivity contribution in [1.29, 1.82) is 0 Å².